The average molecular weight is 248 g/mol. The van der Waals surface area contributed by atoms with Gasteiger partial charge in [-0.05, 0) is 31.2 Å². The van der Waals surface area contributed by atoms with Crippen LogP contribution < -0.4 is 0 Å². The van der Waals surface area contributed by atoms with E-state index in [-0.39, 0.29) is 0 Å². The molecule has 1 aliphatic heterocycles. The Morgan fingerprint density at radius 1 is 1.38 bits per heavy atom. The van der Waals surface area contributed by atoms with E-state index in [1.807, 2.05) is 0 Å². The Labute approximate surface area is 105 Å². The van der Waals surface area contributed by atoms with Crippen molar-refractivity contribution in [3.8, 4) is 0 Å². The number of alkyl halides is 1. The SMILES string of the molecule is CC(C)CCOCCN1CCC(C)C1CCl. The van der Waals surface area contributed by atoms with Gasteiger partial charge in [-0.25, -0.2) is 0 Å². The molecule has 0 bridgehead atoms. The van der Waals surface area contributed by atoms with Crippen LogP contribution in [0.4, 0.5) is 0 Å². The van der Waals surface area contributed by atoms with Gasteiger partial charge in [0.05, 0.1) is 6.61 Å². The largest absolute Gasteiger partial charge is 0.380 e. The van der Waals surface area contributed by atoms with E-state index in [4.69, 9.17) is 16.3 Å². The minimum Gasteiger partial charge on any atom is -0.380 e. The Balaban J connectivity index is 2.08. The summed E-state index contributed by atoms with van der Waals surface area (Å²) in [7, 11) is 0. The molecule has 1 aliphatic rings. The van der Waals surface area contributed by atoms with E-state index in [1.54, 1.807) is 0 Å². The number of rotatable bonds is 7. The summed E-state index contributed by atoms with van der Waals surface area (Å²) in [5.41, 5.74) is 0. The number of hydrogen-bond donors (Lipinski definition) is 0. The molecule has 0 aromatic carbocycles. The summed E-state index contributed by atoms with van der Waals surface area (Å²) in [4.78, 5) is 2.48. The smallest absolute Gasteiger partial charge is 0.0593 e. The summed E-state index contributed by atoms with van der Waals surface area (Å²) >= 11 is 6.00. The second-order valence-corrected chi connectivity index (χ2v) is 5.63. The van der Waals surface area contributed by atoms with Crippen molar-refractivity contribution >= 4 is 11.6 Å². The van der Waals surface area contributed by atoms with Gasteiger partial charge in [0.1, 0.15) is 0 Å². The van der Waals surface area contributed by atoms with E-state index >= 15 is 0 Å². The highest BCUT2D eigenvalue weighted by Crippen LogP contribution is 2.24. The highest BCUT2D eigenvalue weighted by molar-refractivity contribution is 6.18. The molecule has 2 atom stereocenters. The number of likely N-dealkylation sites (tertiary alicyclic amines) is 1. The van der Waals surface area contributed by atoms with Gasteiger partial charge in [0.15, 0.2) is 0 Å². The van der Waals surface area contributed by atoms with E-state index in [0.717, 1.165) is 43.9 Å². The monoisotopic (exact) mass is 247 g/mol. The molecule has 1 fully saturated rings. The molecule has 3 heteroatoms. The molecule has 0 amide bonds. The third kappa shape index (κ3) is 4.60. The van der Waals surface area contributed by atoms with Crippen molar-refractivity contribution in [1.29, 1.82) is 0 Å². The lowest BCUT2D eigenvalue weighted by Gasteiger charge is -2.24. The van der Waals surface area contributed by atoms with Crippen LogP contribution in [0.2, 0.25) is 0 Å². The quantitative estimate of drug-likeness (QED) is 0.507. The number of nitrogens with zero attached hydrogens (tertiary/aromatic N) is 1. The molecule has 0 radical (unpaired) electrons. The first-order valence-electron chi connectivity index (χ1n) is 6.53. The zero-order valence-corrected chi connectivity index (χ0v) is 11.7. The van der Waals surface area contributed by atoms with Crippen LogP contribution >= 0.6 is 11.6 Å². The number of ether oxygens (including phenoxy) is 1. The van der Waals surface area contributed by atoms with Crippen LogP contribution in [0.25, 0.3) is 0 Å². The van der Waals surface area contributed by atoms with Crippen molar-refractivity contribution < 1.29 is 4.74 Å². The predicted molar refractivity (Wildman–Crippen MR) is 70.1 cm³/mol. The third-order valence-electron chi connectivity index (χ3n) is 3.52. The number of halogens is 1. The van der Waals surface area contributed by atoms with Gasteiger partial charge in [-0.3, -0.25) is 4.90 Å². The summed E-state index contributed by atoms with van der Waals surface area (Å²) in [6.45, 7) is 10.7. The van der Waals surface area contributed by atoms with Gasteiger partial charge in [0.25, 0.3) is 0 Å². The molecular formula is C13H26ClNO. The predicted octanol–water partition coefficient (Wildman–Crippen LogP) is 3.00. The van der Waals surface area contributed by atoms with Crippen molar-refractivity contribution in [3.05, 3.63) is 0 Å². The molecule has 0 aliphatic carbocycles. The van der Waals surface area contributed by atoms with E-state index in [1.165, 1.54) is 13.0 Å². The van der Waals surface area contributed by atoms with Crippen LogP contribution in [0, 0.1) is 11.8 Å². The summed E-state index contributed by atoms with van der Waals surface area (Å²) < 4.78 is 5.65. The van der Waals surface area contributed by atoms with E-state index < -0.39 is 0 Å². The van der Waals surface area contributed by atoms with Crippen LogP contribution in [-0.4, -0.2) is 43.1 Å². The molecular weight excluding hydrogens is 222 g/mol. The van der Waals surface area contributed by atoms with E-state index in [2.05, 4.69) is 25.7 Å². The topological polar surface area (TPSA) is 12.5 Å². The normalized spacial score (nSPS) is 26.8. The fourth-order valence-corrected chi connectivity index (χ4v) is 2.72. The van der Waals surface area contributed by atoms with Gasteiger partial charge in [0, 0.05) is 25.1 Å². The molecule has 0 spiro atoms. The fraction of sp³-hybridized carbons (Fsp3) is 1.00. The summed E-state index contributed by atoms with van der Waals surface area (Å²) in [6.07, 6.45) is 2.44. The van der Waals surface area contributed by atoms with Gasteiger partial charge in [-0.15, -0.1) is 11.6 Å². The Morgan fingerprint density at radius 2 is 2.12 bits per heavy atom. The van der Waals surface area contributed by atoms with E-state index in [0.29, 0.717) is 6.04 Å². The van der Waals surface area contributed by atoms with Crippen LogP contribution in [0.1, 0.15) is 33.6 Å². The van der Waals surface area contributed by atoms with Crippen molar-refractivity contribution in [3.63, 3.8) is 0 Å². The highest BCUT2D eigenvalue weighted by Gasteiger charge is 2.29. The highest BCUT2D eigenvalue weighted by atomic mass is 35.5. The lowest BCUT2D eigenvalue weighted by Crippen LogP contribution is -2.36. The van der Waals surface area contributed by atoms with Crippen LogP contribution in [0.3, 0.4) is 0 Å². The summed E-state index contributed by atoms with van der Waals surface area (Å²) in [5, 5.41) is 0. The lowest BCUT2D eigenvalue weighted by molar-refractivity contribution is 0.0923. The molecule has 0 aromatic rings. The van der Waals surface area contributed by atoms with Crippen LogP contribution in [-0.2, 0) is 4.74 Å². The molecule has 1 rings (SSSR count). The van der Waals surface area contributed by atoms with Gasteiger partial charge in [-0.2, -0.15) is 0 Å². The van der Waals surface area contributed by atoms with Crippen molar-refractivity contribution in [2.45, 2.75) is 39.7 Å². The fourth-order valence-electron chi connectivity index (χ4n) is 2.22. The van der Waals surface area contributed by atoms with Gasteiger partial charge in [0.2, 0.25) is 0 Å². The Bertz CT molecular complexity index is 187. The van der Waals surface area contributed by atoms with Gasteiger partial charge >= 0.3 is 0 Å². The standard InChI is InChI=1S/C13H26ClNO/c1-11(2)5-8-16-9-7-15-6-4-12(3)13(15)10-14/h11-13H,4-10H2,1-3H3. The maximum absolute atomic E-state index is 6.00. The van der Waals surface area contributed by atoms with Crippen molar-refractivity contribution in [2.75, 3.05) is 32.2 Å². The molecule has 0 saturated carbocycles. The zero-order valence-electron chi connectivity index (χ0n) is 10.9. The Kier molecular flexibility index (Phi) is 6.71. The Morgan fingerprint density at radius 3 is 2.75 bits per heavy atom. The molecule has 1 heterocycles. The number of hydrogen-bond acceptors (Lipinski definition) is 2. The molecule has 0 N–H and O–H groups in total. The lowest BCUT2D eigenvalue weighted by atomic mass is 10.1. The molecule has 2 nitrogen and oxygen atoms in total. The summed E-state index contributed by atoms with van der Waals surface area (Å²) in [5.74, 6) is 2.24. The minimum atomic E-state index is 0.565. The molecule has 2 unspecified atom stereocenters. The maximum Gasteiger partial charge on any atom is 0.0593 e. The molecule has 16 heavy (non-hydrogen) atoms. The Hall–Kier alpha value is 0.210. The van der Waals surface area contributed by atoms with Crippen LogP contribution in [0.15, 0.2) is 0 Å². The maximum atomic E-state index is 6.00. The first kappa shape index (κ1) is 14.3. The third-order valence-corrected chi connectivity index (χ3v) is 3.83. The van der Waals surface area contributed by atoms with Crippen molar-refractivity contribution in [1.82, 2.24) is 4.90 Å². The first-order chi connectivity index (χ1) is 7.65. The molecule has 1 saturated heterocycles. The average Bonchev–Trinajstić information content (AvgIpc) is 2.58. The zero-order chi connectivity index (χ0) is 12.0. The van der Waals surface area contributed by atoms with E-state index in [9.17, 15) is 0 Å². The molecule has 0 aromatic heterocycles. The molecule has 96 valence electrons. The van der Waals surface area contributed by atoms with Crippen molar-refractivity contribution in [2.24, 2.45) is 11.8 Å². The summed E-state index contributed by atoms with van der Waals surface area (Å²) in [6, 6.07) is 0.565. The first-order valence-corrected chi connectivity index (χ1v) is 7.06. The van der Waals surface area contributed by atoms with Gasteiger partial charge in [-0.1, -0.05) is 20.8 Å². The second-order valence-electron chi connectivity index (χ2n) is 5.32. The minimum absolute atomic E-state index is 0.565. The van der Waals surface area contributed by atoms with Gasteiger partial charge < -0.3 is 4.74 Å². The second kappa shape index (κ2) is 7.52. The van der Waals surface area contributed by atoms with Crippen LogP contribution in [0.5, 0.6) is 0 Å².